The van der Waals surface area contributed by atoms with Gasteiger partial charge in [0.1, 0.15) is 0 Å². The summed E-state index contributed by atoms with van der Waals surface area (Å²) in [6.07, 6.45) is 0.613. The summed E-state index contributed by atoms with van der Waals surface area (Å²) in [5.74, 6) is 0.0658. The van der Waals surface area contributed by atoms with E-state index < -0.39 is 0 Å². The molecule has 4 nitrogen and oxygen atoms in total. The average molecular weight is 269 g/mol. The molecule has 2 unspecified atom stereocenters. The molecule has 1 aliphatic rings. The van der Waals surface area contributed by atoms with Gasteiger partial charge in [-0.25, -0.2) is 0 Å². The van der Waals surface area contributed by atoms with Crippen LogP contribution in [0.15, 0.2) is 11.4 Å². The zero-order valence-corrected chi connectivity index (χ0v) is 11.6. The standard InChI is InChI=1S/C13H19NO3S/c1-3-10-4-5-18-12(10)13(16)14-6-11(7-15)17-8-9(14)2/h4-5,9,11,15H,3,6-8H2,1-2H3. The summed E-state index contributed by atoms with van der Waals surface area (Å²) >= 11 is 1.49. The molecule has 2 rings (SSSR count). The number of aliphatic hydroxyl groups is 1. The second-order valence-corrected chi connectivity index (χ2v) is 5.49. The summed E-state index contributed by atoms with van der Waals surface area (Å²) in [6, 6.07) is 2.07. The number of carbonyl (C=O) groups excluding carboxylic acids is 1. The summed E-state index contributed by atoms with van der Waals surface area (Å²) in [4.78, 5) is 15.1. The van der Waals surface area contributed by atoms with Crippen molar-refractivity contribution in [2.45, 2.75) is 32.4 Å². The zero-order chi connectivity index (χ0) is 13.1. The highest BCUT2D eigenvalue weighted by atomic mass is 32.1. The Kier molecular flexibility index (Phi) is 4.37. The van der Waals surface area contributed by atoms with E-state index in [4.69, 9.17) is 9.84 Å². The zero-order valence-electron chi connectivity index (χ0n) is 10.8. The monoisotopic (exact) mass is 269 g/mol. The SMILES string of the molecule is CCc1ccsc1C(=O)N1CC(CO)OCC1C. The van der Waals surface area contributed by atoms with Crippen LogP contribution in [0.5, 0.6) is 0 Å². The van der Waals surface area contributed by atoms with Gasteiger partial charge in [0, 0.05) is 6.54 Å². The van der Waals surface area contributed by atoms with Crippen molar-refractivity contribution in [3.8, 4) is 0 Å². The number of ether oxygens (including phenoxy) is 1. The number of hydrogen-bond donors (Lipinski definition) is 1. The molecule has 0 bridgehead atoms. The molecule has 2 atom stereocenters. The summed E-state index contributed by atoms with van der Waals surface area (Å²) in [7, 11) is 0. The van der Waals surface area contributed by atoms with Gasteiger partial charge in [-0.05, 0) is 30.4 Å². The molecule has 0 aliphatic carbocycles. The number of rotatable bonds is 3. The van der Waals surface area contributed by atoms with Gasteiger partial charge in [0.25, 0.3) is 5.91 Å². The summed E-state index contributed by atoms with van der Waals surface area (Å²) in [5, 5.41) is 11.1. The summed E-state index contributed by atoms with van der Waals surface area (Å²) in [5.41, 5.74) is 1.10. The molecule has 18 heavy (non-hydrogen) atoms. The Bertz CT molecular complexity index is 418. The van der Waals surface area contributed by atoms with Crippen molar-refractivity contribution >= 4 is 17.2 Å². The molecule has 1 fully saturated rings. The van der Waals surface area contributed by atoms with Crippen LogP contribution >= 0.6 is 11.3 Å². The lowest BCUT2D eigenvalue weighted by atomic mass is 10.1. The Morgan fingerprint density at radius 2 is 2.44 bits per heavy atom. The smallest absolute Gasteiger partial charge is 0.264 e. The van der Waals surface area contributed by atoms with Crippen molar-refractivity contribution in [2.75, 3.05) is 19.8 Å². The normalized spacial score (nSPS) is 24.3. The van der Waals surface area contributed by atoms with Gasteiger partial charge in [0.05, 0.1) is 30.2 Å². The second-order valence-electron chi connectivity index (χ2n) is 4.57. The molecule has 0 spiro atoms. The maximum atomic E-state index is 12.5. The number of aryl methyl sites for hydroxylation is 1. The summed E-state index contributed by atoms with van der Waals surface area (Å²) in [6.45, 7) is 4.95. The number of nitrogens with zero attached hydrogens (tertiary/aromatic N) is 1. The van der Waals surface area contributed by atoms with Gasteiger partial charge >= 0.3 is 0 Å². The molecule has 1 aromatic rings. The van der Waals surface area contributed by atoms with Crippen LogP contribution in [0.25, 0.3) is 0 Å². The molecule has 2 heterocycles. The van der Waals surface area contributed by atoms with E-state index >= 15 is 0 Å². The molecule has 1 N–H and O–H groups in total. The molecule has 1 amide bonds. The fourth-order valence-electron chi connectivity index (χ4n) is 2.14. The first kappa shape index (κ1) is 13.5. The first-order valence-electron chi connectivity index (χ1n) is 6.27. The maximum absolute atomic E-state index is 12.5. The van der Waals surface area contributed by atoms with Crippen LogP contribution in [-0.4, -0.2) is 47.8 Å². The highest BCUT2D eigenvalue weighted by Crippen LogP contribution is 2.22. The van der Waals surface area contributed by atoms with E-state index in [1.807, 2.05) is 23.3 Å². The minimum atomic E-state index is -0.254. The Morgan fingerprint density at radius 1 is 1.67 bits per heavy atom. The Hall–Kier alpha value is -0.910. The largest absolute Gasteiger partial charge is 0.394 e. The lowest BCUT2D eigenvalue weighted by molar-refractivity contribution is -0.0666. The number of carbonyl (C=O) groups is 1. The van der Waals surface area contributed by atoms with E-state index in [2.05, 4.69) is 6.92 Å². The summed E-state index contributed by atoms with van der Waals surface area (Å²) < 4.78 is 5.45. The average Bonchev–Trinajstić information content (AvgIpc) is 2.86. The predicted octanol–water partition coefficient (Wildman–Crippen LogP) is 1.53. The first-order chi connectivity index (χ1) is 8.67. The number of thiophene rings is 1. The van der Waals surface area contributed by atoms with E-state index in [0.29, 0.717) is 13.2 Å². The van der Waals surface area contributed by atoms with Gasteiger partial charge in [-0.2, -0.15) is 0 Å². The van der Waals surface area contributed by atoms with Crippen LogP contribution in [-0.2, 0) is 11.2 Å². The Morgan fingerprint density at radius 3 is 3.11 bits per heavy atom. The minimum Gasteiger partial charge on any atom is -0.394 e. The van der Waals surface area contributed by atoms with Gasteiger partial charge < -0.3 is 14.7 Å². The Balaban J connectivity index is 2.16. The molecule has 0 radical (unpaired) electrons. The number of hydrogen-bond acceptors (Lipinski definition) is 4. The Labute approximate surface area is 111 Å². The topological polar surface area (TPSA) is 49.8 Å². The molecule has 100 valence electrons. The van der Waals surface area contributed by atoms with Crippen molar-refractivity contribution < 1.29 is 14.6 Å². The first-order valence-corrected chi connectivity index (χ1v) is 7.15. The van der Waals surface area contributed by atoms with E-state index in [9.17, 15) is 4.79 Å². The maximum Gasteiger partial charge on any atom is 0.264 e. The molecule has 0 aromatic carbocycles. The van der Waals surface area contributed by atoms with Crippen molar-refractivity contribution in [1.82, 2.24) is 4.90 Å². The van der Waals surface area contributed by atoms with Crippen molar-refractivity contribution in [3.63, 3.8) is 0 Å². The highest BCUT2D eigenvalue weighted by molar-refractivity contribution is 7.12. The van der Waals surface area contributed by atoms with Crippen molar-refractivity contribution in [2.24, 2.45) is 0 Å². The van der Waals surface area contributed by atoms with Gasteiger partial charge in [0.15, 0.2) is 0 Å². The van der Waals surface area contributed by atoms with Gasteiger partial charge in [0.2, 0.25) is 0 Å². The fraction of sp³-hybridized carbons (Fsp3) is 0.615. The number of aliphatic hydroxyl groups excluding tert-OH is 1. The number of amides is 1. The van der Waals surface area contributed by atoms with E-state index in [-0.39, 0.29) is 24.7 Å². The highest BCUT2D eigenvalue weighted by Gasteiger charge is 2.31. The third-order valence-corrected chi connectivity index (χ3v) is 4.24. The minimum absolute atomic E-state index is 0.0401. The van der Waals surface area contributed by atoms with Gasteiger partial charge in [-0.1, -0.05) is 6.92 Å². The predicted molar refractivity (Wildman–Crippen MR) is 71.0 cm³/mol. The molecule has 1 aliphatic heterocycles. The molecular weight excluding hydrogens is 250 g/mol. The lowest BCUT2D eigenvalue weighted by Gasteiger charge is -2.37. The van der Waals surface area contributed by atoms with Crippen LogP contribution in [0.3, 0.4) is 0 Å². The van der Waals surface area contributed by atoms with Crippen molar-refractivity contribution in [1.29, 1.82) is 0 Å². The molecular formula is C13H19NO3S. The molecule has 1 saturated heterocycles. The van der Waals surface area contributed by atoms with E-state index in [0.717, 1.165) is 16.9 Å². The van der Waals surface area contributed by atoms with Crippen LogP contribution in [0.4, 0.5) is 0 Å². The third-order valence-electron chi connectivity index (χ3n) is 3.29. The van der Waals surface area contributed by atoms with Crippen LogP contribution in [0, 0.1) is 0 Å². The third kappa shape index (κ3) is 2.58. The second kappa shape index (κ2) is 5.82. The van der Waals surface area contributed by atoms with Crippen LogP contribution in [0.2, 0.25) is 0 Å². The van der Waals surface area contributed by atoms with E-state index in [1.165, 1.54) is 11.3 Å². The lowest BCUT2D eigenvalue weighted by Crippen LogP contribution is -2.52. The van der Waals surface area contributed by atoms with Crippen molar-refractivity contribution in [3.05, 3.63) is 21.9 Å². The fourth-order valence-corrected chi connectivity index (χ4v) is 3.09. The molecule has 1 aromatic heterocycles. The van der Waals surface area contributed by atoms with Gasteiger partial charge in [-0.15, -0.1) is 11.3 Å². The van der Waals surface area contributed by atoms with Crippen LogP contribution < -0.4 is 0 Å². The van der Waals surface area contributed by atoms with Gasteiger partial charge in [-0.3, -0.25) is 4.79 Å². The molecule has 0 saturated carbocycles. The quantitative estimate of drug-likeness (QED) is 0.905. The van der Waals surface area contributed by atoms with E-state index in [1.54, 1.807) is 0 Å². The number of morpholine rings is 1. The molecule has 5 heteroatoms. The van der Waals surface area contributed by atoms with Crippen LogP contribution in [0.1, 0.15) is 29.1 Å².